The molecular weight excluding hydrogens is 404 g/mol. The highest BCUT2D eigenvalue weighted by Gasteiger charge is 2.20. The Morgan fingerprint density at radius 3 is 2.72 bits per heavy atom. The minimum Gasteiger partial charge on any atom is -0.370 e. The third-order valence-electron chi connectivity index (χ3n) is 5.05. The van der Waals surface area contributed by atoms with Crippen LogP contribution in [0.1, 0.15) is 16.3 Å². The van der Waals surface area contributed by atoms with Gasteiger partial charge in [-0.05, 0) is 31.5 Å². The molecule has 0 bridgehead atoms. The van der Waals surface area contributed by atoms with E-state index in [0.717, 1.165) is 59.6 Å². The Balaban J connectivity index is 1.53. The molecule has 2 N–H and O–H groups in total. The molecule has 0 radical (unpaired) electrons. The molecule has 0 atom stereocenters. The second-order valence-corrected chi connectivity index (χ2v) is 9.32. The number of carbonyl (C=O) groups is 1. The first kappa shape index (κ1) is 20.3. The highest BCUT2D eigenvalue weighted by molar-refractivity contribution is 8.00. The molecule has 6 nitrogen and oxygen atoms in total. The van der Waals surface area contributed by atoms with Gasteiger partial charge in [0, 0.05) is 16.0 Å². The summed E-state index contributed by atoms with van der Waals surface area (Å²) < 4.78 is 5.46. The van der Waals surface area contributed by atoms with Crippen molar-refractivity contribution in [1.29, 1.82) is 0 Å². The van der Waals surface area contributed by atoms with E-state index in [2.05, 4.69) is 19.2 Å². The van der Waals surface area contributed by atoms with E-state index in [9.17, 15) is 4.79 Å². The van der Waals surface area contributed by atoms with Crippen LogP contribution >= 0.6 is 23.1 Å². The number of thiophene rings is 1. The summed E-state index contributed by atoms with van der Waals surface area (Å²) in [5.74, 6) is 1.14. The summed E-state index contributed by atoms with van der Waals surface area (Å²) >= 11 is 3.20. The molecule has 0 spiro atoms. The number of rotatable bonds is 6. The van der Waals surface area contributed by atoms with Crippen LogP contribution in [0.15, 0.2) is 35.4 Å². The van der Waals surface area contributed by atoms with Gasteiger partial charge in [0.2, 0.25) is 5.91 Å². The van der Waals surface area contributed by atoms with E-state index >= 15 is 0 Å². The van der Waals surface area contributed by atoms with Crippen molar-refractivity contribution in [2.24, 2.45) is 0 Å². The summed E-state index contributed by atoms with van der Waals surface area (Å²) in [5, 5.41) is 4.94. The number of nitrogens with one attached hydrogen (secondary N) is 2. The molecule has 1 saturated heterocycles. The molecule has 8 heteroatoms. The van der Waals surface area contributed by atoms with Gasteiger partial charge >= 0.3 is 0 Å². The average Bonchev–Trinajstić information content (AvgIpc) is 3.01. The smallest absolute Gasteiger partial charge is 0.234 e. The third kappa shape index (κ3) is 4.95. The van der Waals surface area contributed by atoms with Crippen LogP contribution in [0.3, 0.4) is 0 Å². The third-order valence-corrected chi connectivity index (χ3v) is 7.12. The van der Waals surface area contributed by atoms with Crippen molar-refractivity contribution in [3.63, 3.8) is 0 Å². The number of fused-ring (bicyclic) bond motifs is 1. The summed E-state index contributed by atoms with van der Waals surface area (Å²) in [5.41, 5.74) is 2.02. The lowest BCUT2D eigenvalue weighted by molar-refractivity contribution is -0.922. The summed E-state index contributed by atoms with van der Waals surface area (Å²) in [4.78, 5) is 25.8. The second-order valence-electron chi connectivity index (χ2n) is 7.15. The van der Waals surface area contributed by atoms with Gasteiger partial charge in [0.1, 0.15) is 29.5 Å². The molecule has 3 aromatic rings. The second kappa shape index (κ2) is 9.21. The standard InChI is InChI=1S/C21H24N4O2S2/c1-14-15(2)29-21-19(14)20(23-17(24-21)12-25-8-10-27-11-9-25)28-13-18(26)22-16-6-4-3-5-7-16/h3-7H,8-13H2,1-2H3,(H,22,26)/p+1. The van der Waals surface area contributed by atoms with Crippen LogP contribution in [-0.2, 0) is 16.1 Å². The first-order valence-electron chi connectivity index (χ1n) is 9.76. The molecule has 3 heterocycles. The predicted molar refractivity (Wildman–Crippen MR) is 118 cm³/mol. The van der Waals surface area contributed by atoms with Crippen LogP contribution in [0.4, 0.5) is 5.69 Å². The topological polar surface area (TPSA) is 68.5 Å². The number of aromatic nitrogens is 2. The SMILES string of the molecule is Cc1sc2nc(C[NH+]3CCOCC3)nc(SCC(=O)Nc3ccccc3)c2c1C. The van der Waals surface area contributed by atoms with Gasteiger partial charge in [0.15, 0.2) is 5.82 Å². The number of carbonyl (C=O) groups excluding carboxylic acids is 1. The normalized spacial score (nSPS) is 15.0. The predicted octanol–water partition coefficient (Wildman–Crippen LogP) is 2.45. The lowest BCUT2D eigenvalue weighted by atomic mass is 10.2. The van der Waals surface area contributed by atoms with E-state index < -0.39 is 0 Å². The van der Waals surface area contributed by atoms with E-state index in [-0.39, 0.29) is 5.91 Å². The van der Waals surface area contributed by atoms with Crippen molar-refractivity contribution in [1.82, 2.24) is 9.97 Å². The number of morpholine rings is 1. The number of para-hydroxylation sites is 1. The first-order chi connectivity index (χ1) is 14.1. The maximum atomic E-state index is 12.4. The number of thioether (sulfide) groups is 1. The highest BCUT2D eigenvalue weighted by atomic mass is 32.2. The van der Waals surface area contributed by atoms with Crippen molar-refractivity contribution in [2.45, 2.75) is 25.4 Å². The fourth-order valence-corrected chi connectivity index (χ4v) is 5.37. The van der Waals surface area contributed by atoms with Crippen molar-refractivity contribution in [2.75, 3.05) is 37.4 Å². The van der Waals surface area contributed by atoms with Crippen molar-refractivity contribution < 1.29 is 14.4 Å². The van der Waals surface area contributed by atoms with Crippen molar-refractivity contribution >= 4 is 44.9 Å². The quantitative estimate of drug-likeness (QED) is 0.465. The molecule has 0 aliphatic carbocycles. The largest absolute Gasteiger partial charge is 0.370 e. The maximum Gasteiger partial charge on any atom is 0.234 e. The van der Waals surface area contributed by atoms with Crippen molar-refractivity contribution in [3.8, 4) is 0 Å². The van der Waals surface area contributed by atoms with Gasteiger partial charge in [-0.15, -0.1) is 11.3 Å². The van der Waals surface area contributed by atoms with Gasteiger partial charge in [-0.3, -0.25) is 4.79 Å². The maximum absolute atomic E-state index is 12.4. The van der Waals surface area contributed by atoms with Crippen LogP contribution in [0.5, 0.6) is 0 Å². The molecule has 1 aliphatic rings. The Bertz CT molecular complexity index is 1000. The Morgan fingerprint density at radius 1 is 1.21 bits per heavy atom. The molecule has 1 aliphatic heterocycles. The number of hydrogen-bond acceptors (Lipinski definition) is 6. The summed E-state index contributed by atoms with van der Waals surface area (Å²) in [6.45, 7) is 8.55. The molecule has 0 unspecified atom stereocenters. The van der Waals surface area contributed by atoms with Crippen LogP contribution < -0.4 is 10.2 Å². The fourth-order valence-electron chi connectivity index (χ4n) is 3.35. The van der Waals surface area contributed by atoms with Crippen LogP contribution in [0, 0.1) is 13.8 Å². The fraction of sp³-hybridized carbons (Fsp3) is 0.381. The Kier molecular flexibility index (Phi) is 6.44. The minimum atomic E-state index is -0.0297. The molecule has 152 valence electrons. The molecule has 1 amide bonds. The number of ether oxygens (including phenoxy) is 1. The lowest BCUT2D eigenvalue weighted by Crippen LogP contribution is -3.12. The zero-order chi connectivity index (χ0) is 20.2. The van der Waals surface area contributed by atoms with E-state index in [4.69, 9.17) is 14.7 Å². The molecule has 29 heavy (non-hydrogen) atoms. The first-order valence-corrected chi connectivity index (χ1v) is 11.6. The summed E-state index contributed by atoms with van der Waals surface area (Å²) in [7, 11) is 0. The van der Waals surface area contributed by atoms with Gasteiger partial charge < -0.3 is 15.0 Å². The van der Waals surface area contributed by atoms with E-state index in [1.54, 1.807) is 11.3 Å². The van der Waals surface area contributed by atoms with Gasteiger partial charge in [0.05, 0.1) is 19.0 Å². The molecule has 2 aromatic heterocycles. The van der Waals surface area contributed by atoms with Gasteiger partial charge in [0.25, 0.3) is 0 Å². The Morgan fingerprint density at radius 2 is 1.97 bits per heavy atom. The zero-order valence-electron chi connectivity index (χ0n) is 16.7. The average molecular weight is 430 g/mol. The van der Waals surface area contributed by atoms with Crippen LogP contribution in [0.25, 0.3) is 10.2 Å². The van der Waals surface area contributed by atoms with Gasteiger partial charge in [-0.25, -0.2) is 9.97 Å². The summed E-state index contributed by atoms with van der Waals surface area (Å²) in [6.07, 6.45) is 0. The van der Waals surface area contributed by atoms with Gasteiger partial charge in [-0.2, -0.15) is 0 Å². The molecule has 1 fully saturated rings. The summed E-state index contributed by atoms with van der Waals surface area (Å²) in [6, 6.07) is 9.53. The highest BCUT2D eigenvalue weighted by Crippen LogP contribution is 2.35. The number of aryl methyl sites for hydroxylation is 2. The number of nitrogens with zero attached hydrogens (tertiary/aromatic N) is 2. The zero-order valence-corrected chi connectivity index (χ0v) is 18.3. The lowest BCUT2D eigenvalue weighted by Gasteiger charge is -2.23. The molecule has 4 rings (SSSR count). The number of hydrogen-bond donors (Lipinski definition) is 2. The number of amides is 1. The Hall–Kier alpha value is -2.00. The molecule has 0 saturated carbocycles. The molecular formula is C21H25N4O2S2+. The molecule has 1 aromatic carbocycles. The number of benzene rings is 1. The van der Waals surface area contributed by atoms with E-state index in [0.29, 0.717) is 5.75 Å². The van der Waals surface area contributed by atoms with Crippen molar-refractivity contribution in [3.05, 3.63) is 46.6 Å². The van der Waals surface area contributed by atoms with Gasteiger partial charge in [-0.1, -0.05) is 30.0 Å². The number of quaternary nitrogens is 1. The van der Waals surface area contributed by atoms with E-state index in [1.165, 1.54) is 27.1 Å². The number of anilines is 1. The Labute approximate surface area is 178 Å². The minimum absolute atomic E-state index is 0.0297. The van der Waals surface area contributed by atoms with E-state index in [1.807, 2.05) is 30.3 Å². The monoisotopic (exact) mass is 429 g/mol. The van der Waals surface area contributed by atoms with Crippen LogP contribution in [0.2, 0.25) is 0 Å². The van der Waals surface area contributed by atoms with Crippen LogP contribution in [-0.4, -0.2) is 47.9 Å².